The Hall–Kier alpha value is -1.68. The van der Waals surface area contributed by atoms with Crippen molar-refractivity contribution in [2.75, 3.05) is 0 Å². The van der Waals surface area contributed by atoms with Gasteiger partial charge in [-0.2, -0.15) is 0 Å². The summed E-state index contributed by atoms with van der Waals surface area (Å²) in [6, 6.07) is 7.76. The number of benzene rings is 1. The third-order valence-electron chi connectivity index (χ3n) is 4.39. The highest BCUT2D eigenvalue weighted by Gasteiger charge is 2.28. The standard InChI is InChI=1S/C18H22N2OS/c1-13-12-22-17(19-13)15-8-6-14(7-9-15)16(21)20-18(2)10-4-3-5-11-18/h6-9,12H,3-5,10-11H2,1-2H3,(H,20,21). The van der Waals surface area contributed by atoms with Crippen LogP contribution in [0.15, 0.2) is 29.6 Å². The molecule has 1 fully saturated rings. The summed E-state index contributed by atoms with van der Waals surface area (Å²) in [4.78, 5) is 16.9. The maximum absolute atomic E-state index is 12.4. The van der Waals surface area contributed by atoms with Gasteiger partial charge in [0, 0.05) is 27.7 Å². The van der Waals surface area contributed by atoms with Crippen LogP contribution >= 0.6 is 11.3 Å². The summed E-state index contributed by atoms with van der Waals surface area (Å²) >= 11 is 1.63. The number of carbonyl (C=O) groups excluding carboxylic acids is 1. The van der Waals surface area contributed by atoms with Crippen LogP contribution in [-0.2, 0) is 0 Å². The van der Waals surface area contributed by atoms with E-state index in [1.165, 1.54) is 19.3 Å². The van der Waals surface area contributed by atoms with Crippen molar-refractivity contribution in [2.24, 2.45) is 0 Å². The van der Waals surface area contributed by atoms with Gasteiger partial charge in [0.2, 0.25) is 0 Å². The van der Waals surface area contributed by atoms with E-state index in [-0.39, 0.29) is 11.4 Å². The number of rotatable bonds is 3. The number of nitrogens with zero attached hydrogens (tertiary/aromatic N) is 1. The molecule has 1 aromatic heterocycles. The normalized spacial score (nSPS) is 17.2. The number of hydrogen-bond donors (Lipinski definition) is 1. The maximum Gasteiger partial charge on any atom is 0.251 e. The molecule has 0 atom stereocenters. The monoisotopic (exact) mass is 314 g/mol. The van der Waals surface area contributed by atoms with E-state index < -0.39 is 0 Å². The molecule has 1 saturated carbocycles. The first-order valence-electron chi connectivity index (χ1n) is 7.91. The largest absolute Gasteiger partial charge is 0.347 e. The van der Waals surface area contributed by atoms with Gasteiger partial charge in [-0.3, -0.25) is 4.79 Å². The quantitative estimate of drug-likeness (QED) is 0.901. The summed E-state index contributed by atoms with van der Waals surface area (Å²) in [5.74, 6) is 0.0336. The van der Waals surface area contributed by atoms with Crippen LogP contribution in [-0.4, -0.2) is 16.4 Å². The van der Waals surface area contributed by atoms with Crippen molar-refractivity contribution in [3.63, 3.8) is 0 Å². The molecule has 3 rings (SSSR count). The van der Waals surface area contributed by atoms with Crippen molar-refractivity contribution in [3.8, 4) is 10.6 Å². The molecule has 116 valence electrons. The molecule has 0 radical (unpaired) electrons. The minimum atomic E-state index is -0.0412. The highest BCUT2D eigenvalue weighted by molar-refractivity contribution is 7.13. The van der Waals surface area contributed by atoms with Gasteiger partial charge in [-0.1, -0.05) is 31.4 Å². The Morgan fingerprint density at radius 3 is 2.45 bits per heavy atom. The second kappa shape index (κ2) is 6.21. The van der Waals surface area contributed by atoms with Crippen molar-refractivity contribution in [1.29, 1.82) is 0 Å². The van der Waals surface area contributed by atoms with Gasteiger partial charge in [-0.05, 0) is 38.8 Å². The van der Waals surface area contributed by atoms with Crippen molar-refractivity contribution in [3.05, 3.63) is 40.9 Å². The highest BCUT2D eigenvalue weighted by atomic mass is 32.1. The first-order valence-corrected chi connectivity index (χ1v) is 8.79. The second-order valence-corrected chi connectivity index (χ2v) is 7.30. The van der Waals surface area contributed by atoms with E-state index in [1.54, 1.807) is 11.3 Å². The molecule has 0 unspecified atom stereocenters. The first kappa shape index (κ1) is 15.2. The molecule has 0 bridgehead atoms. The Kier molecular flexibility index (Phi) is 4.30. The van der Waals surface area contributed by atoms with Crippen LogP contribution in [0.25, 0.3) is 10.6 Å². The zero-order chi connectivity index (χ0) is 15.6. The highest BCUT2D eigenvalue weighted by Crippen LogP contribution is 2.28. The zero-order valence-corrected chi connectivity index (χ0v) is 14.0. The minimum absolute atomic E-state index is 0.0336. The molecule has 1 amide bonds. The van der Waals surface area contributed by atoms with Gasteiger partial charge < -0.3 is 5.32 Å². The van der Waals surface area contributed by atoms with E-state index in [0.29, 0.717) is 0 Å². The number of aromatic nitrogens is 1. The maximum atomic E-state index is 12.4. The van der Waals surface area contributed by atoms with Crippen LogP contribution < -0.4 is 5.32 Å². The van der Waals surface area contributed by atoms with Crippen LogP contribution in [0.4, 0.5) is 0 Å². The van der Waals surface area contributed by atoms with Gasteiger partial charge in [-0.15, -0.1) is 11.3 Å². The average Bonchev–Trinajstić information content (AvgIpc) is 2.94. The number of thiazole rings is 1. The fraction of sp³-hybridized carbons (Fsp3) is 0.444. The topological polar surface area (TPSA) is 42.0 Å². The van der Waals surface area contributed by atoms with Crippen molar-refractivity contribution in [1.82, 2.24) is 10.3 Å². The molecule has 2 aromatic rings. The van der Waals surface area contributed by atoms with Crippen LogP contribution in [0.2, 0.25) is 0 Å². The van der Waals surface area contributed by atoms with E-state index >= 15 is 0 Å². The molecule has 1 heterocycles. The predicted molar refractivity (Wildman–Crippen MR) is 91.2 cm³/mol. The molecule has 22 heavy (non-hydrogen) atoms. The Morgan fingerprint density at radius 1 is 1.18 bits per heavy atom. The van der Waals surface area contributed by atoms with Crippen molar-refractivity contribution < 1.29 is 4.79 Å². The minimum Gasteiger partial charge on any atom is -0.347 e. The number of aryl methyl sites for hydroxylation is 1. The van der Waals surface area contributed by atoms with Gasteiger partial charge in [0.25, 0.3) is 5.91 Å². The summed E-state index contributed by atoms with van der Waals surface area (Å²) in [7, 11) is 0. The van der Waals surface area contributed by atoms with Crippen molar-refractivity contribution >= 4 is 17.2 Å². The molecule has 1 N–H and O–H groups in total. The van der Waals surface area contributed by atoms with E-state index in [4.69, 9.17) is 0 Å². The summed E-state index contributed by atoms with van der Waals surface area (Å²) in [6.07, 6.45) is 5.86. The Bertz CT molecular complexity index is 654. The molecule has 0 aliphatic heterocycles. The number of carbonyl (C=O) groups is 1. The molecule has 1 aromatic carbocycles. The van der Waals surface area contributed by atoms with Gasteiger partial charge in [-0.25, -0.2) is 4.98 Å². The van der Waals surface area contributed by atoms with Crippen LogP contribution in [0.5, 0.6) is 0 Å². The first-order chi connectivity index (χ1) is 10.6. The summed E-state index contributed by atoms with van der Waals surface area (Å²) < 4.78 is 0. The molecule has 1 aliphatic carbocycles. The zero-order valence-electron chi connectivity index (χ0n) is 13.2. The lowest BCUT2D eigenvalue weighted by atomic mass is 9.83. The average molecular weight is 314 g/mol. The Labute approximate surface area is 135 Å². The number of hydrogen-bond acceptors (Lipinski definition) is 3. The number of nitrogens with one attached hydrogen (secondary N) is 1. The fourth-order valence-corrected chi connectivity index (χ4v) is 3.86. The summed E-state index contributed by atoms with van der Waals surface area (Å²) in [5, 5.41) is 6.27. The third kappa shape index (κ3) is 3.38. The molecule has 0 spiro atoms. The molecular weight excluding hydrogens is 292 g/mol. The van der Waals surface area contributed by atoms with E-state index in [9.17, 15) is 4.79 Å². The van der Waals surface area contributed by atoms with Crippen LogP contribution in [0, 0.1) is 6.92 Å². The van der Waals surface area contributed by atoms with E-state index in [1.807, 2.05) is 36.6 Å². The molecule has 4 heteroatoms. The van der Waals surface area contributed by atoms with Gasteiger partial charge in [0.15, 0.2) is 0 Å². The lowest BCUT2D eigenvalue weighted by Crippen LogP contribution is -2.47. The van der Waals surface area contributed by atoms with E-state index in [2.05, 4.69) is 17.2 Å². The number of amides is 1. The van der Waals surface area contributed by atoms with Crippen molar-refractivity contribution in [2.45, 2.75) is 51.5 Å². The van der Waals surface area contributed by atoms with Crippen LogP contribution in [0.3, 0.4) is 0 Å². The van der Waals surface area contributed by atoms with Gasteiger partial charge in [0.05, 0.1) is 0 Å². The second-order valence-electron chi connectivity index (χ2n) is 6.45. The Morgan fingerprint density at radius 2 is 1.86 bits per heavy atom. The SMILES string of the molecule is Cc1csc(-c2ccc(C(=O)NC3(C)CCCCC3)cc2)n1. The predicted octanol–water partition coefficient (Wildman–Crippen LogP) is 4.57. The van der Waals surface area contributed by atoms with E-state index in [0.717, 1.165) is 34.7 Å². The molecule has 0 saturated heterocycles. The lowest BCUT2D eigenvalue weighted by molar-refractivity contribution is 0.0882. The summed E-state index contributed by atoms with van der Waals surface area (Å²) in [5.41, 5.74) is 2.79. The third-order valence-corrected chi connectivity index (χ3v) is 5.39. The molecular formula is C18H22N2OS. The molecule has 3 nitrogen and oxygen atoms in total. The van der Waals surface area contributed by atoms with Gasteiger partial charge >= 0.3 is 0 Å². The molecule has 1 aliphatic rings. The Balaban J connectivity index is 1.71. The fourth-order valence-electron chi connectivity index (χ4n) is 3.05. The lowest BCUT2D eigenvalue weighted by Gasteiger charge is -2.34. The summed E-state index contributed by atoms with van der Waals surface area (Å²) in [6.45, 7) is 4.16. The van der Waals surface area contributed by atoms with Gasteiger partial charge in [0.1, 0.15) is 5.01 Å². The van der Waals surface area contributed by atoms with Crippen LogP contribution in [0.1, 0.15) is 55.1 Å². The smallest absolute Gasteiger partial charge is 0.251 e.